The van der Waals surface area contributed by atoms with E-state index in [1.165, 1.54) is 12.1 Å². The first-order valence-electron chi connectivity index (χ1n) is 6.21. The van der Waals surface area contributed by atoms with E-state index in [2.05, 4.69) is 0 Å². The lowest BCUT2D eigenvalue weighted by Gasteiger charge is -2.35. The van der Waals surface area contributed by atoms with Crippen LogP contribution in [0.3, 0.4) is 0 Å². The maximum atomic E-state index is 11.1. The third-order valence-corrected chi connectivity index (χ3v) is 4.01. The summed E-state index contributed by atoms with van der Waals surface area (Å²) in [6.07, 6.45) is 0. The van der Waals surface area contributed by atoms with Crippen LogP contribution < -0.4 is 4.90 Å². The van der Waals surface area contributed by atoms with Crippen molar-refractivity contribution in [3.8, 4) is 0 Å². The van der Waals surface area contributed by atoms with Gasteiger partial charge in [-0.2, -0.15) is 0 Å². The molecule has 1 aromatic rings. The number of anilines is 1. The third kappa shape index (κ3) is 3.75. The molecule has 0 amide bonds. The highest BCUT2D eigenvalue weighted by Crippen LogP contribution is 2.36. The Bertz CT molecular complexity index is 574. The highest BCUT2D eigenvalue weighted by atomic mass is 35.5. The Kier molecular flexibility index (Phi) is 4.87. The fourth-order valence-corrected chi connectivity index (χ4v) is 2.58. The number of nitro benzene ring substituents is 1. The van der Waals surface area contributed by atoms with Gasteiger partial charge in [0.1, 0.15) is 5.69 Å². The van der Waals surface area contributed by atoms with Gasteiger partial charge in [-0.15, -0.1) is 0 Å². The largest absolute Gasteiger partial charge is 0.480 e. The molecule has 1 N–H and O–H groups in total. The number of carboxylic acid groups (broad SMARTS) is 1. The normalized spacial score (nSPS) is 16.0. The van der Waals surface area contributed by atoms with Crippen LogP contribution in [0.25, 0.3) is 0 Å². The first-order chi connectivity index (χ1) is 9.88. The average Bonchev–Trinajstić information content (AvgIpc) is 2.41. The molecular formula is C12H13Cl2N3O4. The molecule has 2 rings (SSSR count). The summed E-state index contributed by atoms with van der Waals surface area (Å²) in [6, 6.07) is 2.72. The molecule has 0 saturated carbocycles. The molecule has 0 aliphatic carbocycles. The van der Waals surface area contributed by atoms with Crippen molar-refractivity contribution in [3.63, 3.8) is 0 Å². The van der Waals surface area contributed by atoms with Crippen LogP contribution in [-0.2, 0) is 4.79 Å². The van der Waals surface area contributed by atoms with Gasteiger partial charge in [0, 0.05) is 32.2 Å². The van der Waals surface area contributed by atoms with Gasteiger partial charge in [0.15, 0.2) is 0 Å². The lowest BCUT2D eigenvalue weighted by molar-refractivity contribution is -0.384. The molecule has 0 spiro atoms. The molecule has 9 heteroatoms. The number of hydrogen-bond donors (Lipinski definition) is 1. The predicted molar refractivity (Wildman–Crippen MR) is 79.4 cm³/mol. The van der Waals surface area contributed by atoms with Crippen LogP contribution in [0.5, 0.6) is 0 Å². The standard InChI is InChI=1S/C12H13Cl2N3O4/c13-8-5-10(11(17(20)21)6-9(8)14)16-3-1-15(2-4-16)7-12(18)19/h5-6H,1-4,7H2,(H,18,19). The molecule has 0 bridgehead atoms. The average molecular weight is 334 g/mol. The molecule has 0 unspecified atom stereocenters. The van der Waals surface area contributed by atoms with Gasteiger partial charge >= 0.3 is 5.97 Å². The number of benzene rings is 1. The first-order valence-corrected chi connectivity index (χ1v) is 6.96. The molecule has 21 heavy (non-hydrogen) atoms. The number of halogens is 2. The summed E-state index contributed by atoms with van der Waals surface area (Å²) in [7, 11) is 0. The minimum absolute atomic E-state index is 0.0304. The summed E-state index contributed by atoms with van der Waals surface area (Å²) in [5.41, 5.74) is 0.306. The van der Waals surface area contributed by atoms with Gasteiger partial charge in [0.2, 0.25) is 0 Å². The zero-order valence-corrected chi connectivity index (χ0v) is 12.5. The van der Waals surface area contributed by atoms with Gasteiger partial charge in [-0.25, -0.2) is 0 Å². The van der Waals surface area contributed by atoms with E-state index in [1.807, 2.05) is 4.90 Å². The minimum atomic E-state index is -0.885. The zero-order valence-electron chi connectivity index (χ0n) is 11.0. The van der Waals surface area contributed by atoms with Crippen molar-refractivity contribution in [2.75, 3.05) is 37.6 Å². The molecule has 1 aliphatic rings. The van der Waals surface area contributed by atoms with Crippen LogP contribution in [0, 0.1) is 10.1 Å². The summed E-state index contributed by atoms with van der Waals surface area (Å²) in [4.78, 5) is 24.9. The highest BCUT2D eigenvalue weighted by molar-refractivity contribution is 6.42. The maximum Gasteiger partial charge on any atom is 0.317 e. The van der Waals surface area contributed by atoms with E-state index in [-0.39, 0.29) is 22.3 Å². The number of nitro groups is 1. The number of carboxylic acids is 1. The van der Waals surface area contributed by atoms with Gasteiger partial charge in [0.25, 0.3) is 5.69 Å². The Morgan fingerprint density at radius 1 is 1.24 bits per heavy atom. The summed E-state index contributed by atoms with van der Waals surface area (Å²) < 4.78 is 0. The van der Waals surface area contributed by atoms with Crippen molar-refractivity contribution in [2.45, 2.75) is 0 Å². The van der Waals surface area contributed by atoms with Gasteiger partial charge in [-0.3, -0.25) is 19.8 Å². The van der Waals surface area contributed by atoms with Crippen molar-refractivity contribution < 1.29 is 14.8 Å². The minimum Gasteiger partial charge on any atom is -0.480 e. The molecule has 0 atom stereocenters. The van der Waals surface area contributed by atoms with Crippen LogP contribution in [0.2, 0.25) is 10.0 Å². The van der Waals surface area contributed by atoms with Crippen molar-refractivity contribution in [3.05, 3.63) is 32.3 Å². The van der Waals surface area contributed by atoms with E-state index < -0.39 is 10.9 Å². The number of aliphatic carboxylic acids is 1. The van der Waals surface area contributed by atoms with Crippen LogP contribution in [0.4, 0.5) is 11.4 Å². The summed E-state index contributed by atoms with van der Waals surface area (Å²) in [5, 5.41) is 20.3. The molecule has 1 fully saturated rings. The van der Waals surface area contributed by atoms with E-state index in [0.29, 0.717) is 31.9 Å². The maximum absolute atomic E-state index is 11.1. The van der Waals surface area contributed by atoms with E-state index >= 15 is 0 Å². The smallest absolute Gasteiger partial charge is 0.317 e. The van der Waals surface area contributed by atoms with Crippen LogP contribution in [0.15, 0.2) is 12.1 Å². The van der Waals surface area contributed by atoms with E-state index in [0.717, 1.165) is 0 Å². The number of piperazine rings is 1. The van der Waals surface area contributed by atoms with Gasteiger partial charge in [-0.1, -0.05) is 23.2 Å². The quantitative estimate of drug-likeness (QED) is 0.670. The van der Waals surface area contributed by atoms with Gasteiger partial charge in [0.05, 0.1) is 21.5 Å². The zero-order chi connectivity index (χ0) is 15.6. The Hall–Kier alpha value is -1.57. The van der Waals surface area contributed by atoms with Crippen LogP contribution in [0.1, 0.15) is 0 Å². The van der Waals surface area contributed by atoms with Gasteiger partial charge in [-0.05, 0) is 6.07 Å². The number of carbonyl (C=O) groups is 1. The van der Waals surface area contributed by atoms with E-state index in [1.54, 1.807) is 4.90 Å². The molecular weight excluding hydrogens is 321 g/mol. The molecule has 114 valence electrons. The lowest BCUT2D eigenvalue weighted by Crippen LogP contribution is -2.48. The number of nitrogens with zero attached hydrogens (tertiary/aromatic N) is 3. The Balaban J connectivity index is 2.18. The van der Waals surface area contributed by atoms with Crippen LogP contribution >= 0.6 is 23.2 Å². The fourth-order valence-electron chi connectivity index (χ4n) is 2.26. The Morgan fingerprint density at radius 2 is 1.81 bits per heavy atom. The molecule has 1 aliphatic heterocycles. The SMILES string of the molecule is O=C(O)CN1CCN(c2cc(Cl)c(Cl)cc2[N+](=O)[O-])CC1. The number of rotatable bonds is 4. The van der Waals surface area contributed by atoms with Crippen molar-refractivity contribution in [1.82, 2.24) is 4.90 Å². The Morgan fingerprint density at radius 3 is 2.33 bits per heavy atom. The topological polar surface area (TPSA) is 86.9 Å². The lowest BCUT2D eigenvalue weighted by atomic mass is 10.2. The Labute approximate surface area is 130 Å². The third-order valence-electron chi connectivity index (χ3n) is 3.29. The molecule has 7 nitrogen and oxygen atoms in total. The van der Waals surface area contributed by atoms with Gasteiger partial charge < -0.3 is 10.0 Å². The van der Waals surface area contributed by atoms with E-state index in [4.69, 9.17) is 28.3 Å². The van der Waals surface area contributed by atoms with Crippen LogP contribution in [-0.4, -0.2) is 53.6 Å². The molecule has 0 aromatic heterocycles. The van der Waals surface area contributed by atoms with Crippen molar-refractivity contribution in [1.29, 1.82) is 0 Å². The summed E-state index contributed by atoms with van der Waals surface area (Å²) in [5.74, 6) is -0.885. The number of hydrogen-bond acceptors (Lipinski definition) is 5. The highest BCUT2D eigenvalue weighted by Gasteiger charge is 2.25. The molecule has 1 heterocycles. The second-order valence-electron chi connectivity index (χ2n) is 4.67. The predicted octanol–water partition coefficient (Wildman–Crippen LogP) is 2.11. The van der Waals surface area contributed by atoms with Crippen molar-refractivity contribution >= 4 is 40.5 Å². The molecule has 1 aromatic carbocycles. The summed E-state index contributed by atoms with van der Waals surface area (Å²) >= 11 is 11.8. The molecule has 0 radical (unpaired) electrons. The molecule has 1 saturated heterocycles. The summed E-state index contributed by atoms with van der Waals surface area (Å²) in [6.45, 7) is 1.99. The van der Waals surface area contributed by atoms with Crippen molar-refractivity contribution in [2.24, 2.45) is 0 Å². The monoisotopic (exact) mass is 333 g/mol. The van der Waals surface area contributed by atoms with E-state index in [9.17, 15) is 14.9 Å². The second-order valence-corrected chi connectivity index (χ2v) is 5.48. The first kappa shape index (κ1) is 15.8. The fraction of sp³-hybridized carbons (Fsp3) is 0.417. The second kappa shape index (κ2) is 6.46.